The first-order valence-corrected chi connectivity index (χ1v) is 6.76. The predicted octanol–water partition coefficient (Wildman–Crippen LogP) is 1.52. The van der Waals surface area contributed by atoms with E-state index in [-0.39, 0.29) is 0 Å². The maximum Gasteiger partial charge on any atom is 0.139 e. The van der Waals surface area contributed by atoms with Crippen molar-refractivity contribution in [1.29, 1.82) is 0 Å². The molecule has 0 spiro atoms. The molecule has 4 heteroatoms. The summed E-state index contributed by atoms with van der Waals surface area (Å²) in [5.74, 6) is 0.338. The van der Waals surface area contributed by atoms with E-state index in [9.17, 15) is 5.11 Å². The Morgan fingerprint density at radius 1 is 1.00 bits per heavy atom. The zero-order valence-corrected chi connectivity index (χ0v) is 10.9. The van der Waals surface area contributed by atoms with Gasteiger partial charge < -0.3 is 10.0 Å². The molecule has 1 N–H and O–H groups in total. The van der Waals surface area contributed by atoms with Crippen LogP contribution >= 0.6 is 0 Å². The van der Waals surface area contributed by atoms with Crippen LogP contribution in [0.3, 0.4) is 0 Å². The van der Waals surface area contributed by atoms with Crippen molar-refractivity contribution in [2.75, 3.05) is 38.1 Å². The van der Waals surface area contributed by atoms with Gasteiger partial charge in [0.25, 0.3) is 0 Å². The Balaban J connectivity index is 1.87. The molecule has 2 fully saturated rings. The monoisotopic (exact) mass is 247 g/mol. The van der Waals surface area contributed by atoms with E-state index in [0.717, 1.165) is 13.1 Å². The molecule has 3 rings (SSSR count). The van der Waals surface area contributed by atoms with Crippen LogP contribution in [0.2, 0.25) is 0 Å². The second kappa shape index (κ2) is 4.78. The van der Waals surface area contributed by atoms with Crippen molar-refractivity contribution in [2.45, 2.75) is 19.1 Å². The molecule has 1 aromatic rings. The molecule has 0 radical (unpaired) electrons. The van der Waals surface area contributed by atoms with Crippen molar-refractivity contribution >= 4 is 5.69 Å². The first-order valence-electron chi connectivity index (χ1n) is 6.76. The van der Waals surface area contributed by atoms with E-state index in [0.29, 0.717) is 12.0 Å². The van der Waals surface area contributed by atoms with Gasteiger partial charge in [0.05, 0.1) is 0 Å². The lowest BCUT2D eigenvalue weighted by molar-refractivity contribution is 0.00358. The van der Waals surface area contributed by atoms with Gasteiger partial charge in [-0.25, -0.2) is 0 Å². The summed E-state index contributed by atoms with van der Waals surface area (Å²) in [7, 11) is 2.20. The zero-order chi connectivity index (χ0) is 12.5. The lowest BCUT2D eigenvalue weighted by Gasteiger charge is -2.51. The molecular formula is C14H21N3O. The van der Waals surface area contributed by atoms with Gasteiger partial charge in [-0.05, 0) is 44.2 Å². The van der Waals surface area contributed by atoms with Crippen molar-refractivity contribution < 1.29 is 5.11 Å². The highest BCUT2D eigenvalue weighted by Gasteiger charge is 2.34. The van der Waals surface area contributed by atoms with Crippen LogP contribution < -0.4 is 4.90 Å². The Kier molecular flexibility index (Phi) is 3.14. The normalized spacial score (nSPS) is 26.1. The number of benzene rings is 1. The molecule has 2 heterocycles. The lowest BCUT2D eigenvalue weighted by Crippen LogP contribution is -2.64. The van der Waals surface area contributed by atoms with Gasteiger partial charge >= 0.3 is 0 Å². The summed E-state index contributed by atoms with van der Waals surface area (Å²) in [6.07, 6.45) is 2.86. The molecule has 98 valence electrons. The number of nitrogens with zero attached hydrogens (tertiary/aromatic N) is 3. The van der Waals surface area contributed by atoms with Crippen molar-refractivity contribution in [2.24, 2.45) is 0 Å². The quantitative estimate of drug-likeness (QED) is 0.815. The number of phenols is 1. The number of rotatable bonds is 1. The summed E-state index contributed by atoms with van der Waals surface area (Å²) >= 11 is 0. The van der Waals surface area contributed by atoms with E-state index in [1.807, 2.05) is 12.1 Å². The summed E-state index contributed by atoms with van der Waals surface area (Å²) in [5.41, 5.74) is 1.20. The minimum atomic E-state index is 0.338. The fourth-order valence-electron chi connectivity index (χ4n) is 3.16. The van der Waals surface area contributed by atoms with Gasteiger partial charge in [0.1, 0.15) is 12.0 Å². The van der Waals surface area contributed by atoms with Crippen molar-refractivity contribution in [3.05, 3.63) is 24.3 Å². The standard InChI is InChI=1S/C14H21N3O/c1-15-8-2-9-16-10-3-11-17(14(15)16)12-4-6-13(18)7-5-12/h4-7,14,18H,2-3,8-11H2,1H3. The molecule has 0 aliphatic carbocycles. The molecule has 2 aliphatic heterocycles. The minimum Gasteiger partial charge on any atom is -0.508 e. The Morgan fingerprint density at radius 3 is 2.39 bits per heavy atom. The minimum absolute atomic E-state index is 0.338. The highest BCUT2D eigenvalue weighted by molar-refractivity contribution is 5.49. The molecule has 2 aliphatic rings. The largest absolute Gasteiger partial charge is 0.508 e. The van der Waals surface area contributed by atoms with Gasteiger partial charge in [0.2, 0.25) is 0 Å². The van der Waals surface area contributed by atoms with E-state index in [1.54, 1.807) is 12.1 Å². The van der Waals surface area contributed by atoms with E-state index in [4.69, 9.17) is 0 Å². The number of aromatic hydroxyl groups is 1. The number of anilines is 1. The smallest absolute Gasteiger partial charge is 0.139 e. The maximum absolute atomic E-state index is 9.40. The number of phenolic OH excluding ortho intramolecular Hbond substituents is 1. The number of hydrogen-bond donors (Lipinski definition) is 1. The van der Waals surface area contributed by atoms with Gasteiger partial charge in [-0.2, -0.15) is 0 Å². The van der Waals surface area contributed by atoms with Crippen LogP contribution in [0.4, 0.5) is 5.69 Å². The van der Waals surface area contributed by atoms with Gasteiger partial charge in [-0.15, -0.1) is 0 Å². The molecule has 0 amide bonds. The second-order valence-electron chi connectivity index (χ2n) is 5.28. The molecule has 1 atom stereocenters. The first kappa shape index (κ1) is 11.8. The molecule has 0 bridgehead atoms. The van der Waals surface area contributed by atoms with Gasteiger partial charge in [-0.1, -0.05) is 0 Å². The summed E-state index contributed by atoms with van der Waals surface area (Å²) in [5, 5.41) is 9.40. The third-order valence-electron chi connectivity index (χ3n) is 3.98. The molecular weight excluding hydrogens is 226 g/mol. The molecule has 0 saturated carbocycles. The van der Waals surface area contributed by atoms with Crippen molar-refractivity contribution in [1.82, 2.24) is 9.80 Å². The van der Waals surface area contributed by atoms with E-state index in [2.05, 4.69) is 21.7 Å². The molecule has 18 heavy (non-hydrogen) atoms. The topological polar surface area (TPSA) is 30.0 Å². The van der Waals surface area contributed by atoms with Gasteiger partial charge in [0, 0.05) is 31.9 Å². The Bertz CT molecular complexity index is 404. The average Bonchev–Trinajstić information content (AvgIpc) is 2.39. The predicted molar refractivity (Wildman–Crippen MR) is 72.7 cm³/mol. The fourth-order valence-corrected chi connectivity index (χ4v) is 3.16. The van der Waals surface area contributed by atoms with Crippen LogP contribution in [0, 0.1) is 0 Å². The highest BCUT2D eigenvalue weighted by atomic mass is 16.3. The van der Waals surface area contributed by atoms with Crippen molar-refractivity contribution in [3.63, 3.8) is 0 Å². The van der Waals surface area contributed by atoms with E-state index < -0.39 is 0 Å². The summed E-state index contributed by atoms with van der Waals surface area (Å²) in [6.45, 7) is 4.65. The van der Waals surface area contributed by atoms with Crippen molar-refractivity contribution in [3.8, 4) is 5.75 Å². The highest BCUT2D eigenvalue weighted by Crippen LogP contribution is 2.28. The third-order valence-corrected chi connectivity index (χ3v) is 3.98. The van der Waals surface area contributed by atoms with Gasteiger partial charge in [0.15, 0.2) is 0 Å². The molecule has 2 saturated heterocycles. The van der Waals surface area contributed by atoms with Crippen LogP contribution in [-0.2, 0) is 0 Å². The lowest BCUT2D eigenvalue weighted by atomic mass is 10.1. The van der Waals surface area contributed by atoms with Crippen LogP contribution in [0.1, 0.15) is 12.8 Å². The Labute approximate surface area is 108 Å². The molecule has 1 unspecified atom stereocenters. The Morgan fingerprint density at radius 2 is 1.67 bits per heavy atom. The fraction of sp³-hybridized carbons (Fsp3) is 0.571. The summed E-state index contributed by atoms with van der Waals surface area (Å²) in [6, 6.07) is 7.58. The maximum atomic E-state index is 9.40. The zero-order valence-electron chi connectivity index (χ0n) is 10.9. The number of fused-ring (bicyclic) bond motifs is 1. The molecule has 1 aromatic carbocycles. The van der Waals surface area contributed by atoms with E-state index >= 15 is 0 Å². The number of hydrogen-bond acceptors (Lipinski definition) is 4. The van der Waals surface area contributed by atoms with Crippen LogP contribution in [0.25, 0.3) is 0 Å². The SMILES string of the molecule is CN1CCCN2CCCN(c3ccc(O)cc3)C12. The molecule has 4 nitrogen and oxygen atoms in total. The average molecular weight is 247 g/mol. The second-order valence-corrected chi connectivity index (χ2v) is 5.28. The molecule has 0 aromatic heterocycles. The summed E-state index contributed by atoms with van der Waals surface area (Å²) in [4.78, 5) is 7.43. The third kappa shape index (κ3) is 2.06. The Hall–Kier alpha value is -1.26. The first-order chi connectivity index (χ1) is 8.75. The van der Waals surface area contributed by atoms with Crippen LogP contribution in [0.5, 0.6) is 5.75 Å². The van der Waals surface area contributed by atoms with Crippen LogP contribution in [0.15, 0.2) is 24.3 Å². The van der Waals surface area contributed by atoms with E-state index in [1.165, 1.54) is 31.6 Å². The van der Waals surface area contributed by atoms with Gasteiger partial charge in [-0.3, -0.25) is 9.80 Å². The van der Waals surface area contributed by atoms with Crippen LogP contribution in [-0.4, -0.2) is 54.4 Å². The summed E-state index contributed by atoms with van der Waals surface area (Å²) < 4.78 is 0.